The van der Waals surface area contributed by atoms with Crippen LogP contribution >= 0.6 is 0 Å². The van der Waals surface area contributed by atoms with Gasteiger partial charge in [-0.05, 0) is 54.5 Å². The molecule has 2 aliphatic rings. The van der Waals surface area contributed by atoms with Gasteiger partial charge in [0.2, 0.25) is 5.91 Å². The quantitative estimate of drug-likeness (QED) is 0.425. The van der Waals surface area contributed by atoms with Gasteiger partial charge in [0.1, 0.15) is 6.04 Å². The highest BCUT2D eigenvalue weighted by atomic mass is 19.4. The van der Waals surface area contributed by atoms with Crippen LogP contribution in [0, 0.1) is 5.92 Å². The average molecular weight is 528 g/mol. The lowest BCUT2D eigenvalue weighted by Gasteiger charge is -2.40. The molecule has 1 saturated carbocycles. The van der Waals surface area contributed by atoms with Crippen molar-refractivity contribution < 1.29 is 31.1 Å². The molecular weight excluding hydrogens is 496 g/mol. The topological polar surface area (TPSA) is 26.8 Å². The summed E-state index contributed by atoms with van der Waals surface area (Å²) in [5.41, 5.74) is -2.00. The summed E-state index contributed by atoms with van der Waals surface area (Å²) >= 11 is 0. The molecule has 1 saturated heterocycles. The molecule has 0 N–H and O–H groups in total. The van der Waals surface area contributed by atoms with Crippen LogP contribution in [0.2, 0.25) is 0 Å². The Kier molecular flexibility index (Phi) is 8.18. The number of amides is 1. The van der Waals surface area contributed by atoms with Crippen LogP contribution in [-0.2, 0) is 23.6 Å². The minimum atomic E-state index is -4.90. The van der Waals surface area contributed by atoms with Crippen molar-refractivity contribution in [1.29, 1.82) is 0 Å². The first-order valence-corrected chi connectivity index (χ1v) is 12.5. The highest BCUT2D eigenvalue weighted by molar-refractivity contribution is 5.83. The molecule has 0 unspecified atom stereocenters. The molecule has 0 spiro atoms. The van der Waals surface area contributed by atoms with Crippen LogP contribution in [0.4, 0.5) is 26.3 Å². The van der Waals surface area contributed by atoms with Crippen molar-refractivity contribution in [2.45, 2.75) is 37.7 Å². The number of halogens is 6. The van der Waals surface area contributed by atoms with E-state index in [9.17, 15) is 31.1 Å². The predicted octanol–water partition coefficient (Wildman–Crippen LogP) is 5.49. The minimum absolute atomic E-state index is 0.0115. The molecule has 2 aromatic carbocycles. The summed E-state index contributed by atoms with van der Waals surface area (Å²) in [4.78, 5) is 19.5. The number of carbonyl (C=O) groups is 1. The van der Waals surface area contributed by atoms with Gasteiger partial charge in [0.15, 0.2) is 0 Å². The van der Waals surface area contributed by atoms with E-state index in [1.807, 2.05) is 30.3 Å². The van der Waals surface area contributed by atoms with E-state index >= 15 is 0 Å². The Hall–Kier alpha value is -2.59. The van der Waals surface area contributed by atoms with Gasteiger partial charge < -0.3 is 9.80 Å². The second-order valence-corrected chi connectivity index (χ2v) is 10.0. The number of hydrogen-bond donors (Lipinski definition) is 0. The molecule has 202 valence electrons. The van der Waals surface area contributed by atoms with Crippen LogP contribution in [-0.4, -0.2) is 66.9 Å². The number of rotatable bonds is 8. The Morgan fingerprint density at radius 2 is 1.49 bits per heavy atom. The number of alkyl halides is 6. The monoisotopic (exact) mass is 527 g/mol. The molecule has 2 aromatic rings. The van der Waals surface area contributed by atoms with Crippen LogP contribution in [0.1, 0.15) is 41.1 Å². The lowest BCUT2D eigenvalue weighted by Crippen LogP contribution is -2.51. The summed E-state index contributed by atoms with van der Waals surface area (Å²) in [6, 6.07) is 10.3. The maximum absolute atomic E-state index is 13.6. The Bertz CT molecular complexity index is 1030. The molecule has 10 heteroatoms. The Labute approximate surface area is 212 Å². The van der Waals surface area contributed by atoms with Crippen LogP contribution in [0.15, 0.2) is 48.5 Å². The molecule has 1 heterocycles. The van der Waals surface area contributed by atoms with E-state index in [1.165, 1.54) is 17.7 Å². The van der Waals surface area contributed by atoms with E-state index in [-0.39, 0.29) is 30.5 Å². The fourth-order valence-electron chi connectivity index (χ4n) is 4.79. The van der Waals surface area contributed by atoms with E-state index in [2.05, 4.69) is 9.80 Å². The van der Waals surface area contributed by atoms with Gasteiger partial charge in [-0.25, -0.2) is 0 Å². The molecule has 1 aliphatic carbocycles. The second kappa shape index (κ2) is 11.0. The summed E-state index contributed by atoms with van der Waals surface area (Å²) < 4.78 is 79.3. The minimum Gasteiger partial charge on any atom is -0.344 e. The fourth-order valence-corrected chi connectivity index (χ4v) is 4.79. The maximum atomic E-state index is 13.6. The van der Waals surface area contributed by atoms with Crippen LogP contribution in [0.25, 0.3) is 0 Å². The third-order valence-corrected chi connectivity index (χ3v) is 7.09. The molecule has 0 radical (unpaired) electrons. The van der Waals surface area contributed by atoms with Gasteiger partial charge in [-0.15, -0.1) is 0 Å². The normalized spacial score (nSPS) is 18.6. The molecule has 4 rings (SSSR count). The first kappa shape index (κ1) is 27.4. The van der Waals surface area contributed by atoms with Crippen LogP contribution in [0.3, 0.4) is 0 Å². The summed E-state index contributed by atoms with van der Waals surface area (Å²) in [6.45, 7) is 4.17. The number of carbonyl (C=O) groups excluding carboxylic acids is 1. The first-order chi connectivity index (χ1) is 17.4. The molecule has 1 atom stereocenters. The van der Waals surface area contributed by atoms with Crippen molar-refractivity contribution in [2.24, 2.45) is 5.92 Å². The Morgan fingerprint density at radius 1 is 0.919 bits per heavy atom. The summed E-state index contributed by atoms with van der Waals surface area (Å²) in [5.74, 6) is 0.544. The Balaban J connectivity index is 1.47. The van der Waals surface area contributed by atoms with Crippen LogP contribution < -0.4 is 0 Å². The predicted molar refractivity (Wildman–Crippen MR) is 128 cm³/mol. The highest BCUT2D eigenvalue weighted by Gasteiger charge is 2.37. The number of nitrogens with zero attached hydrogens (tertiary/aromatic N) is 3. The van der Waals surface area contributed by atoms with E-state index in [1.54, 1.807) is 7.05 Å². The van der Waals surface area contributed by atoms with Crippen molar-refractivity contribution in [3.63, 3.8) is 0 Å². The molecule has 2 fully saturated rings. The largest absolute Gasteiger partial charge is 0.416 e. The van der Waals surface area contributed by atoms with Crippen molar-refractivity contribution in [3.05, 3.63) is 70.8 Å². The van der Waals surface area contributed by atoms with Crippen molar-refractivity contribution in [2.75, 3.05) is 46.3 Å². The SMILES string of the molecule is CN(CCc1cc(C(F)(F)F)cc(C(F)(F)F)c1)C(=O)[C@H](c1ccccc1)N1CCN(CC2CC2)CC1. The van der Waals surface area contributed by atoms with Gasteiger partial charge in [0.05, 0.1) is 11.1 Å². The number of hydrogen-bond acceptors (Lipinski definition) is 3. The number of likely N-dealkylation sites (N-methyl/N-ethyl adjacent to an activating group) is 1. The highest BCUT2D eigenvalue weighted by Crippen LogP contribution is 2.36. The molecule has 1 aliphatic heterocycles. The second-order valence-electron chi connectivity index (χ2n) is 10.0. The zero-order chi connectivity index (χ0) is 26.8. The number of benzene rings is 2. The van der Waals surface area contributed by atoms with E-state index in [0.29, 0.717) is 13.1 Å². The van der Waals surface area contributed by atoms with E-state index in [0.717, 1.165) is 43.2 Å². The summed E-state index contributed by atoms with van der Waals surface area (Å²) in [7, 11) is 1.54. The van der Waals surface area contributed by atoms with Crippen molar-refractivity contribution in [1.82, 2.24) is 14.7 Å². The van der Waals surface area contributed by atoms with Crippen LogP contribution in [0.5, 0.6) is 0 Å². The molecule has 1 amide bonds. The maximum Gasteiger partial charge on any atom is 0.416 e. The lowest BCUT2D eigenvalue weighted by molar-refractivity contribution is -0.143. The van der Waals surface area contributed by atoms with Gasteiger partial charge in [-0.3, -0.25) is 9.69 Å². The number of piperazine rings is 1. The molecule has 0 aromatic heterocycles. The zero-order valence-electron chi connectivity index (χ0n) is 20.7. The lowest BCUT2D eigenvalue weighted by atomic mass is 10.0. The average Bonchev–Trinajstić information content (AvgIpc) is 3.67. The van der Waals surface area contributed by atoms with Gasteiger partial charge >= 0.3 is 12.4 Å². The summed E-state index contributed by atoms with van der Waals surface area (Å²) in [5, 5.41) is 0. The molecule has 37 heavy (non-hydrogen) atoms. The smallest absolute Gasteiger partial charge is 0.344 e. The zero-order valence-corrected chi connectivity index (χ0v) is 20.7. The van der Waals surface area contributed by atoms with Gasteiger partial charge in [-0.2, -0.15) is 26.3 Å². The molecule has 0 bridgehead atoms. The van der Waals surface area contributed by atoms with Crippen molar-refractivity contribution >= 4 is 5.91 Å². The Morgan fingerprint density at radius 3 is 2.00 bits per heavy atom. The van der Waals surface area contributed by atoms with Gasteiger partial charge in [-0.1, -0.05) is 30.3 Å². The third-order valence-electron chi connectivity index (χ3n) is 7.09. The molecule has 4 nitrogen and oxygen atoms in total. The van der Waals surface area contributed by atoms with Gasteiger partial charge in [0.25, 0.3) is 0 Å². The molecular formula is C27H31F6N3O. The fraction of sp³-hybridized carbons (Fsp3) is 0.519. The first-order valence-electron chi connectivity index (χ1n) is 12.5. The standard InChI is InChI=1S/C27H31F6N3O/c1-34(10-9-20-15-22(26(28,29)30)17-23(16-20)27(31,32)33)25(37)24(21-5-3-2-4-6-21)36-13-11-35(12-14-36)18-19-7-8-19/h2-6,15-17,19,24H,7-14,18H2,1H3/t24-/m0/s1. The summed E-state index contributed by atoms with van der Waals surface area (Å²) in [6.07, 6.45) is -7.40. The van der Waals surface area contributed by atoms with E-state index < -0.39 is 29.5 Å². The van der Waals surface area contributed by atoms with Crippen molar-refractivity contribution in [3.8, 4) is 0 Å². The third kappa shape index (κ3) is 7.25. The van der Waals surface area contributed by atoms with E-state index in [4.69, 9.17) is 0 Å². The van der Waals surface area contributed by atoms with Gasteiger partial charge in [0, 0.05) is 46.3 Å².